The number of halogens is 1. The molecule has 0 unspecified atom stereocenters. The van der Waals surface area contributed by atoms with Crippen molar-refractivity contribution < 1.29 is 9.90 Å². The van der Waals surface area contributed by atoms with Crippen molar-refractivity contribution in [2.75, 3.05) is 20.2 Å². The lowest BCUT2D eigenvalue weighted by Crippen LogP contribution is -2.37. The van der Waals surface area contributed by atoms with Crippen molar-refractivity contribution in [3.8, 4) is 0 Å². The SMILES string of the molecule is CN(CCCO)C(=O)C1(c2ccc(Cl)cc2)CC1. The summed E-state index contributed by atoms with van der Waals surface area (Å²) in [6, 6.07) is 7.54. The third-order valence-corrected chi connectivity index (χ3v) is 3.81. The van der Waals surface area contributed by atoms with E-state index in [-0.39, 0.29) is 17.9 Å². The van der Waals surface area contributed by atoms with Crippen LogP contribution in [0.5, 0.6) is 0 Å². The van der Waals surface area contributed by atoms with Crippen LogP contribution >= 0.6 is 11.6 Å². The molecule has 0 saturated heterocycles. The monoisotopic (exact) mass is 267 g/mol. The van der Waals surface area contributed by atoms with E-state index < -0.39 is 0 Å². The highest BCUT2D eigenvalue weighted by Gasteiger charge is 2.52. The lowest BCUT2D eigenvalue weighted by atomic mass is 9.94. The summed E-state index contributed by atoms with van der Waals surface area (Å²) in [5.41, 5.74) is 0.710. The number of aliphatic hydroxyl groups excluding tert-OH is 1. The van der Waals surface area contributed by atoms with Crippen molar-refractivity contribution in [3.63, 3.8) is 0 Å². The van der Waals surface area contributed by atoms with Crippen molar-refractivity contribution in [1.82, 2.24) is 4.90 Å². The molecule has 1 aliphatic carbocycles. The Morgan fingerprint density at radius 2 is 2.00 bits per heavy atom. The highest BCUT2D eigenvalue weighted by molar-refractivity contribution is 6.30. The molecule has 0 spiro atoms. The Kier molecular flexibility index (Phi) is 3.93. The van der Waals surface area contributed by atoms with E-state index in [1.165, 1.54) is 0 Å². The number of amides is 1. The zero-order chi connectivity index (χ0) is 13.2. The number of hydrogen-bond donors (Lipinski definition) is 1. The van der Waals surface area contributed by atoms with Gasteiger partial charge in [-0.2, -0.15) is 0 Å². The summed E-state index contributed by atoms with van der Waals surface area (Å²) >= 11 is 5.87. The molecule has 1 aromatic carbocycles. The molecule has 4 heteroatoms. The van der Waals surface area contributed by atoms with Crippen LogP contribution in [-0.2, 0) is 10.2 Å². The van der Waals surface area contributed by atoms with Crippen LogP contribution < -0.4 is 0 Å². The molecule has 3 nitrogen and oxygen atoms in total. The largest absolute Gasteiger partial charge is 0.396 e. The summed E-state index contributed by atoms with van der Waals surface area (Å²) in [6.45, 7) is 0.718. The van der Waals surface area contributed by atoms with E-state index in [0.29, 0.717) is 18.0 Å². The topological polar surface area (TPSA) is 40.5 Å². The quantitative estimate of drug-likeness (QED) is 0.889. The van der Waals surface area contributed by atoms with Crippen LogP contribution in [0.1, 0.15) is 24.8 Å². The molecule has 1 amide bonds. The van der Waals surface area contributed by atoms with E-state index in [4.69, 9.17) is 16.7 Å². The van der Waals surface area contributed by atoms with Gasteiger partial charge in [0, 0.05) is 25.2 Å². The average molecular weight is 268 g/mol. The first-order valence-electron chi connectivity index (χ1n) is 6.22. The van der Waals surface area contributed by atoms with Crippen molar-refractivity contribution in [3.05, 3.63) is 34.9 Å². The maximum Gasteiger partial charge on any atom is 0.232 e. The van der Waals surface area contributed by atoms with Gasteiger partial charge in [-0.3, -0.25) is 4.79 Å². The minimum atomic E-state index is -0.338. The summed E-state index contributed by atoms with van der Waals surface area (Å²) in [7, 11) is 1.80. The first-order chi connectivity index (χ1) is 8.60. The fraction of sp³-hybridized carbons (Fsp3) is 0.500. The van der Waals surface area contributed by atoms with E-state index in [9.17, 15) is 4.79 Å². The second kappa shape index (κ2) is 5.29. The van der Waals surface area contributed by atoms with Crippen LogP contribution in [0.25, 0.3) is 0 Å². The Morgan fingerprint density at radius 1 is 1.39 bits per heavy atom. The van der Waals surface area contributed by atoms with Gasteiger partial charge in [0.1, 0.15) is 0 Å². The first-order valence-corrected chi connectivity index (χ1v) is 6.60. The van der Waals surface area contributed by atoms with E-state index in [1.54, 1.807) is 11.9 Å². The Morgan fingerprint density at radius 3 is 2.50 bits per heavy atom. The average Bonchev–Trinajstić information content (AvgIpc) is 3.17. The highest BCUT2D eigenvalue weighted by Crippen LogP contribution is 2.49. The second-order valence-electron chi connectivity index (χ2n) is 4.89. The van der Waals surface area contributed by atoms with E-state index in [0.717, 1.165) is 18.4 Å². The normalized spacial score (nSPS) is 16.4. The van der Waals surface area contributed by atoms with Gasteiger partial charge in [-0.05, 0) is 37.0 Å². The molecule has 2 rings (SSSR count). The molecule has 0 atom stereocenters. The number of benzene rings is 1. The van der Waals surface area contributed by atoms with Crippen molar-refractivity contribution in [1.29, 1.82) is 0 Å². The maximum atomic E-state index is 12.4. The first kappa shape index (κ1) is 13.4. The predicted octanol–water partition coefficient (Wildman–Crippen LogP) is 2.21. The molecule has 1 saturated carbocycles. The smallest absolute Gasteiger partial charge is 0.232 e. The van der Waals surface area contributed by atoms with Crippen molar-refractivity contribution in [2.24, 2.45) is 0 Å². The molecule has 1 aliphatic rings. The van der Waals surface area contributed by atoms with E-state index >= 15 is 0 Å². The summed E-state index contributed by atoms with van der Waals surface area (Å²) < 4.78 is 0. The van der Waals surface area contributed by atoms with Gasteiger partial charge in [-0.15, -0.1) is 0 Å². The van der Waals surface area contributed by atoms with Gasteiger partial charge >= 0.3 is 0 Å². The molecule has 18 heavy (non-hydrogen) atoms. The fourth-order valence-electron chi connectivity index (χ4n) is 2.29. The van der Waals surface area contributed by atoms with Gasteiger partial charge in [0.05, 0.1) is 5.41 Å². The Bertz CT molecular complexity index is 426. The van der Waals surface area contributed by atoms with Crippen LogP contribution in [0.2, 0.25) is 5.02 Å². The van der Waals surface area contributed by atoms with Crippen molar-refractivity contribution >= 4 is 17.5 Å². The zero-order valence-electron chi connectivity index (χ0n) is 10.5. The zero-order valence-corrected chi connectivity index (χ0v) is 11.3. The Hall–Kier alpha value is -1.06. The summed E-state index contributed by atoms with van der Waals surface area (Å²) in [5.74, 6) is 0.151. The van der Waals surface area contributed by atoms with Crippen LogP contribution in [0.15, 0.2) is 24.3 Å². The van der Waals surface area contributed by atoms with Gasteiger partial charge in [-0.1, -0.05) is 23.7 Å². The number of rotatable bonds is 5. The number of aliphatic hydroxyl groups is 1. The Labute approximate surface area is 112 Å². The van der Waals surface area contributed by atoms with Gasteiger partial charge in [0.15, 0.2) is 0 Å². The van der Waals surface area contributed by atoms with Crippen LogP contribution in [0.3, 0.4) is 0 Å². The van der Waals surface area contributed by atoms with Gasteiger partial charge in [-0.25, -0.2) is 0 Å². The molecule has 1 N–H and O–H groups in total. The molecular weight excluding hydrogens is 250 g/mol. The third kappa shape index (κ3) is 2.52. The highest BCUT2D eigenvalue weighted by atomic mass is 35.5. The maximum absolute atomic E-state index is 12.4. The lowest BCUT2D eigenvalue weighted by molar-refractivity contribution is -0.132. The minimum Gasteiger partial charge on any atom is -0.396 e. The molecule has 98 valence electrons. The third-order valence-electron chi connectivity index (χ3n) is 3.55. The number of carbonyl (C=O) groups excluding carboxylic acids is 1. The molecule has 0 aliphatic heterocycles. The molecule has 0 radical (unpaired) electrons. The lowest BCUT2D eigenvalue weighted by Gasteiger charge is -2.23. The van der Waals surface area contributed by atoms with Crippen LogP contribution in [-0.4, -0.2) is 36.1 Å². The van der Waals surface area contributed by atoms with Crippen LogP contribution in [0, 0.1) is 0 Å². The molecule has 1 fully saturated rings. The van der Waals surface area contributed by atoms with Gasteiger partial charge in [0.25, 0.3) is 0 Å². The minimum absolute atomic E-state index is 0.117. The van der Waals surface area contributed by atoms with E-state index in [1.807, 2.05) is 24.3 Å². The van der Waals surface area contributed by atoms with Gasteiger partial charge in [0.2, 0.25) is 5.91 Å². The predicted molar refractivity (Wildman–Crippen MR) is 71.7 cm³/mol. The van der Waals surface area contributed by atoms with Crippen molar-refractivity contribution in [2.45, 2.75) is 24.7 Å². The molecule has 0 bridgehead atoms. The molecule has 0 heterocycles. The number of carbonyl (C=O) groups is 1. The summed E-state index contributed by atoms with van der Waals surface area (Å²) in [4.78, 5) is 14.1. The molecule has 1 aromatic rings. The molecule has 0 aromatic heterocycles. The summed E-state index contributed by atoms with van der Waals surface area (Å²) in [5, 5.41) is 9.50. The molecular formula is C14H18ClNO2. The summed E-state index contributed by atoms with van der Waals surface area (Å²) in [6.07, 6.45) is 2.42. The van der Waals surface area contributed by atoms with Gasteiger partial charge < -0.3 is 10.0 Å². The number of nitrogens with zero attached hydrogens (tertiary/aromatic N) is 1. The number of likely N-dealkylation sites (N-methyl/N-ethyl adjacent to an activating group) is 1. The fourth-order valence-corrected chi connectivity index (χ4v) is 2.42. The Balaban J connectivity index is 2.11. The second-order valence-corrected chi connectivity index (χ2v) is 5.33. The number of hydrogen-bond acceptors (Lipinski definition) is 2. The standard InChI is InChI=1S/C14H18ClNO2/c1-16(9-2-10-17)13(18)14(7-8-14)11-3-5-12(15)6-4-11/h3-6,17H,2,7-10H2,1H3. The van der Waals surface area contributed by atoms with E-state index in [2.05, 4.69) is 0 Å². The van der Waals surface area contributed by atoms with Crippen LogP contribution in [0.4, 0.5) is 0 Å².